The number of furan rings is 1. The minimum absolute atomic E-state index is 0.0115. The van der Waals surface area contributed by atoms with Gasteiger partial charge in [-0.3, -0.25) is 19.8 Å². The summed E-state index contributed by atoms with van der Waals surface area (Å²) >= 11 is 5.00. The van der Waals surface area contributed by atoms with E-state index < -0.39 is 11.8 Å². The molecule has 0 aliphatic carbocycles. The highest BCUT2D eigenvalue weighted by Gasteiger charge is 2.32. The molecule has 6 heteroatoms. The van der Waals surface area contributed by atoms with Gasteiger partial charge < -0.3 is 4.42 Å². The number of thiocarbonyl (C=S) groups is 1. The van der Waals surface area contributed by atoms with Crippen LogP contribution in [0.15, 0.2) is 34.3 Å². The summed E-state index contributed by atoms with van der Waals surface area (Å²) in [5.74, 6) is 0.235. The van der Waals surface area contributed by atoms with Crippen LogP contribution in [-0.4, -0.2) is 28.4 Å². The van der Waals surface area contributed by atoms with Crippen LogP contribution in [0, 0.1) is 6.92 Å². The maximum atomic E-state index is 12.3. The third kappa shape index (κ3) is 2.85. The van der Waals surface area contributed by atoms with Gasteiger partial charge in [-0.2, -0.15) is 0 Å². The van der Waals surface area contributed by atoms with Crippen molar-refractivity contribution in [1.82, 2.24) is 10.2 Å². The average Bonchev–Trinajstić information content (AvgIpc) is 2.80. The molecule has 0 saturated carbocycles. The predicted octanol–water partition coefficient (Wildman–Crippen LogP) is 1.79. The molecule has 1 aromatic heterocycles. The lowest BCUT2D eigenvalue weighted by Crippen LogP contribution is -2.53. The molecule has 0 radical (unpaired) electrons. The normalized spacial score (nSPS) is 18.2. The number of nitrogens with zero attached hydrogens (tertiary/aromatic N) is 1. The highest BCUT2D eigenvalue weighted by molar-refractivity contribution is 7.80. The predicted molar refractivity (Wildman–Crippen MR) is 78.7 cm³/mol. The van der Waals surface area contributed by atoms with Crippen molar-refractivity contribution in [2.24, 2.45) is 0 Å². The first-order valence-electron chi connectivity index (χ1n) is 6.09. The van der Waals surface area contributed by atoms with Gasteiger partial charge in [0.05, 0.1) is 0 Å². The van der Waals surface area contributed by atoms with E-state index in [0.29, 0.717) is 18.1 Å². The Morgan fingerprint density at radius 2 is 2.15 bits per heavy atom. The third-order valence-electron chi connectivity index (χ3n) is 2.76. The number of nitrogens with one attached hydrogen (secondary N) is 1. The summed E-state index contributed by atoms with van der Waals surface area (Å²) in [6.07, 6.45) is 5.02. The number of rotatable bonds is 3. The van der Waals surface area contributed by atoms with Crippen LogP contribution in [0.2, 0.25) is 0 Å². The molecule has 1 fully saturated rings. The van der Waals surface area contributed by atoms with Gasteiger partial charge in [-0.05, 0) is 44.3 Å². The van der Waals surface area contributed by atoms with Crippen LogP contribution in [-0.2, 0) is 9.59 Å². The molecule has 2 heterocycles. The number of aryl methyl sites for hydroxylation is 1. The fourth-order valence-electron chi connectivity index (χ4n) is 1.74. The zero-order valence-corrected chi connectivity index (χ0v) is 12.0. The minimum atomic E-state index is -0.509. The van der Waals surface area contributed by atoms with E-state index in [4.69, 9.17) is 16.6 Å². The Hall–Kier alpha value is -2.21. The van der Waals surface area contributed by atoms with Crippen molar-refractivity contribution in [2.75, 3.05) is 6.54 Å². The number of carbonyl (C=O) groups excluding carboxylic acids is 2. The quantitative estimate of drug-likeness (QED) is 0.399. The van der Waals surface area contributed by atoms with Crippen LogP contribution in [0.4, 0.5) is 0 Å². The molecule has 5 nitrogen and oxygen atoms in total. The van der Waals surface area contributed by atoms with Gasteiger partial charge in [-0.25, -0.2) is 0 Å². The average molecular weight is 290 g/mol. The molecule has 1 aliphatic rings. The van der Waals surface area contributed by atoms with Gasteiger partial charge in [-0.1, -0.05) is 12.2 Å². The van der Waals surface area contributed by atoms with Crippen molar-refractivity contribution in [1.29, 1.82) is 0 Å². The number of allylic oxidation sites excluding steroid dienone is 1. The van der Waals surface area contributed by atoms with Crippen LogP contribution in [0.1, 0.15) is 18.4 Å². The molecular formula is C14H14N2O3S. The van der Waals surface area contributed by atoms with Gasteiger partial charge in [-0.15, -0.1) is 0 Å². The smallest absolute Gasteiger partial charge is 0.266 e. The fraction of sp³-hybridized carbons (Fsp3) is 0.214. The van der Waals surface area contributed by atoms with Crippen LogP contribution < -0.4 is 5.32 Å². The Morgan fingerprint density at radius 3 is 2.75 bits per heavy atom. The second kappa shape index (κ2) is 5.83. The molecule has 2 amide bonds. The maximum Gasteiger partial charge on any atom is 0.266 e. The van der Waals surface area contributed by atoms with Crippen molar-refractivity contribution in [2.45, 2.75) is 13.8 Å². The van der Waals surface area contributed by atoms with E-state index in [2.05, 4.69) is 5.32 Å². The van der Waals surface area contributed by atoms with Gasteiger partial charge in [0.2, 0.25) is 0 Å². The Bertz CT molecular complexity index is 628. The Labute approximate surface area is 121 Å². The Morgan fingerprint density at radius 1 is 1.40 bits per heavy atom. The number of hydrogen-bond acceptors (Lipinski definition) is 4. The molecule has 20 heavy (non-hydrogen) atoms. The molecule has 1 aliphatic heterocycles. The van der Waals surface area contributed by atoms with E-state index in [1.165, 1.54) is 11.0 Å². The molecule has 1 saturated heterocycles. The number of carbonyl (C=O) groups is 2. The lowest BCUT2D eigenvalue weighted by atomic mass is 10.1. The lowest BCUT2D eigenvalue weighted by molar-refractivity contribution is -0.128. The summed E-state index contributed by atoms with van der Waals surface area (Å²) in [6, 6.07) is 3.46. The van der Waals surface area contributed by atoms with Gasteiger partial charge in [0.25, 0.3) is 11.8 Å². The van der Waals surface area contributed by atoms with E-state index in [0.717, 1.165) is 0 Å². The minimum Gasteiger partial charge on any atom is -0.462 e. The summed E-state index contributed by atoms with van der Waals surface area (Å²) < 4.78 is 5.35. The first-order valence-corrected chi connectivity index (χ1v) is 6.50. The Balaban J connectivity index is 2.32. The van der Waals surface area contributed by atoms with Gasteiger partial charge in [0.15, 0.2) is 5.11 Å². The summed E-state index contributed by atoms with van der Waals surface area (Å²) in [7, 11) is 0. The van der Waals surface area contributed by atoms with Crippen LogP contribution in [0.3, 0.4) is 0 Å². The molecule has 0 atom stereocenters. The van der Waals surface area contributed by atoms with Gasteiger partial charge in [0.1, 0.15) is 17.1 Å². The fourth-order valence-corrected chi connectivity index (χ4v) is 1.99. The molecule has 0 aromatic carbocycles. The monoisotopic (exact) mass is 290 g/mol. The van der Waals surface area contributed by atoms with Crippen molar-refractivity contribution >= 4 is 35.2 Å². The van der Waals surface area contributed by atoms with Crippen LogP contribution in [0.5, 0.6) is 0 Å². The first kappa shape index (κ1) is 14.2. The molecular weight excluding hydrogens is 276 g/mol. The largest absolute Gasteiger partial charge is 0.462 e. The molecule has 1 N–H and O–H groups in total. The van der Waals surface area contributed by atoms with Crippen LogP contribution in [0.25, 0.3) is 6.08 Å². The standard InChI is InChI=1S/C14H14N2O3S/c1-3-4-7-16-13(18)11(12(17)15-14(16)20)8-10-6-5-9(2)19-10/h3-6,8H,7H2,1-2H3,(H,15,17,20). The van der Waals surface area contributed by atoms with Crippen molar-refractivity contribution in [3.8, 4) is 0 Å². The SMILES string of the molecule is CC=CCN1C(=O)C(=Cc2ccc(C)o2)C(=O)NC1=S. The zero-order chi connectivity index (χ0) is 14.7. The second-order valence-corrected chi connectivity index (χ2v) is 4.64. The van der Waals surface area contributed by atoms with Gasteiger partial charge in [0, 0.05) is 6.54 Å². The van der Waals surface area contributed by atoms with Crippen molar-refractivity contribution in [3.63, 3.8) is 0 Å². The molecule has 104 valence electrons. The zero-order valence-electron chi connectivity index (χ0n) is 11.2. The highest BCUT2D eigenvalue weighted by atomic mass is 32.1. The summed E-state index contributed by atoms with van der Waals surface area (Å²) in [6.45, 7) is 3.96. The topological polar surface area (TPSA) is 62.6 Å². The molecule has 0 spiro atoms. The van der Waals surface area contributed by atoms with E-state index in [1.807, 2.05) is 13.0 Å². The molecule has 0 unspecified atom stereocenters. The third-order valence-corrected chi connectivity index (χ3v) is 3.08. The maximum absolute atomic E-state index is 12.3. The lowest BCUT2D eigenvalue weighted by Gasteiger charge is -2.27. The van der Waals surface area contributed by atoms with E-state index in [1.54, 1.807) is 25.1 Å². The van der Waals surface area contributed by atoms with E-state index in [9.17, 15) is 9.59 Å². The molecule has 1 aromatic rings. The number of amides is 2. The van der Waals surface area contributed by atoms with Crippen molar-refractivity contribution < 1.29 is 14.0 Å². The van der Waals surface area contributed by atoms with Crippen molar-refractivity contribution in [3.05, 3.63) is 41.4 Å². The molecule has 2 rings (SSSR count). The molecule has 0 bridgehead atoms. The van der Waals surface area contributed by atoms with E-state index in [-0.39, 0.29) is 10.7 Å². The Kier molecular flexibility index (Phi) is 4.14. The highest BCUT2D eigenvalue weighted by Crippen LogP contribution is 2.16. The summed E-state index contributed by atoms with van der Waals surface area (Å²) in [4.78, 5) is 25.5. The summed E-state index contributed by atoms with van der Waals surface area (Å²) in [5.41, 5.74) is 0.0115. The van der Waals surface area contributed by atoms with Crippen LogP contribution >= 0.6 is 12.2 Å². The number of hydrogen-bond donors (Lipinski definition) is 1. The first-order chi connectivity index (χ1) is 9.52. The summed E-state index contributed by atoms with van der Waals surface area (Å²) in [5, 5.41) is 2.62. The van der Waals surface area contributed by atoms with Gasteiger partial charge >= 0.3 is 0 Å². The van der Waals surface area contributed by atoms with E-state index >= 15 is 0 Å². The second-order valence-electron chi connectivity index (χ2n) is 4.25.